The van der Waals surface area contributed by atoms with Crippen molar-refractivity contribution in [3.8, 4) is 11.1 Å². The van der Waals surface area contributed by atoms with Crippen LogP contribution in [0.4, 0.5) is 34.1 Å². The van der Waals surface area contributed by atoms with Gasteiger partial charge in [-0.3, -0.25) is 0 Å². The Balaban J connectivity index is 1.01. The van der Waals surface area contributed by atoms with Gasteiger partial charge in [0.25, 0.3) is 0 Å². The molecular formula is C50H40N2. The summed E-state index contributed by atoms with van der Waals surface area (Å²) in [4.78, 5) is 4.64. The Hall–Kier alpha value is -6.64. The van der Waals surface area contributed by atoms with Crippen LogP contribution in [0.2, 0.25) is 0 Å². The largest absolute Gasteiger partial charge is 0.311 e. The van der Waals surface area contributed by atoms with E-state index in [-0.39, 0.29) is 0 Å². The zero-order valence-electron chi connectivity index (χ0n) is 29.5. The molecule has 0 N–H and O–H groups in total. The van der Waals surface area contributed by atoms with Crippen LogP contribution in [0.25, 0.3) is 34.1 Å². The topological polar surface area (TPSA) is 6.48 Å². The molecule has 52 heavy (non-hydrogen) atoms. The fraction of sp³-hybridized carbons (Fsp3) is 0.0400. The molecule has 2 heteroatoms. The van der Waals surface area contributed by atoms with Gasteiger partial charge in [-0.15, -0.1) is 0 Å². The van der Waals surface area contributed by atoms with Gasteiger partial charge in [-0.1, -0.05) is 133 Å². The van der Waals surface area contributed by atoms with Crippen molar-refractivity contribution in [1.29, 1.82) is 0 Å². The number of para-hydroxylation sites is 2. The third-order valence-corrected chi connectivity index (χ3v) is 9.47. The van der Waals surface area contributed by atoms with Crippen molar-refractivity contribution >= 4 is 57.0 Å². The summed E-state index contributed by atoms with van der Waals surface area (Å²) in [6.07, 6.45) is 4.37. The average molecular weight is 669 g/mol. The highest BCUT2D eigenvalue weighted by atomic mass is 15.1. The van der Waals surface area contributed by atoms with Crippen molar-refractivity contribution in [2.45, 2.75) is 13.8 Å². The highest BCUT2D eigenvalue weighted by molar-refractivity contribution is 5.89. The van der Waals surface area contributed by atoms with E-state index in [9.17, 15) is 0 Å². The molecule has 0 aliphatic rings. The van der Waals surface area contributed by atoms with Gasteiger partial charge in [0.15, 0.2) is 0 Å². The molecule has 0 fully saturated rings. The van der Waals surface area contributed by atoms with Gasteiger partial charge in [0.1, 0.15) is 0 Å². The quantitative estimate of drug-likeness (QED) is 0.141. The van der Waals surface area contributed by atoms with Crippen LogP contribution in [0, 0.1) is 13.8 Å². The Morgan fingerprint density at radius 1 is 0.308 bits per heavy atom. The van der Waals surface area contributed by atoms with E-state index >= 15 is 0 Å². The number of hydrogen-bond acceptors (Lipinski definition) is 2. The number of anilines is 6. The number of rotatable bonds is 9. The van der Waals surface area contributed by atoms with Crippen LogP contribution in [0.15, 0.2) is 194 Å². The van der Waals surface area contributed by atoms with Crippen molar-refractivity contribution in [3.63, 3.8) is 0 Å². The van der Waals surface area contributed by atoms with Gasteiger partial charge >= 0.3 is 0 Å². The van der Waals surface area contributed by atoms with Crippen molar-refractivity contribution in [1.82, 2.24) is 0 Å². The lowest BCUT2D eigenvalue weighted by atomic mass is 10.0. The maximum Gasteiger partial charge on any atom is 0.0468 e. The average Bonchev–Trinajstić information content (AvgIpc) is 3.19. The van der Waals surface area contributed by atoms with E-state index in [1.807, 2.05) is 0 Å². The van der Waals surface area contributed by atoms with Crippen LogP contribution in [0.1, 0.15) is 22.3 Å². The molecule has 0 amide bonds. The summed E-state index contributed by atoms with van der Waals surface area (Å²) in [5.41, 5.74) is 14.0. The van der Waals surface area contributed by atoms with E-state index in [2.05, 4.69) is 230 Å². The molecule has 8 rings (SSSR count). The zero-order chi connectivity index (χ0) is 35.3. The summed E-state index contributed by atoms with van der Waals surface area (Å²) in [6, 6.07) is 69.5. The molecule has 0 saturated heterocycles. The maximum atomic E-state index is 2.35. The van der Waals surface area contributed by atoms with Gasteiger partial charge in [0.05, 0.1) is 0 Å². The van der Waals surface area contributed by atoms with E-state index < -0.39 is 0 Å². The molecule has 0 aliphatic heterocycles. The standard InChI is InChI=1S/C50H40N2/c1-37-33-38(2)35-50(34-37)52(49-32-27-41-11-9-10-12-44(41)36-49)47-28-21-40(22-29-47)18-17-39-19-23-42(24-20-39)43-25-30-48(31-26-43)51(45-13-5-3-6-14-45)46-15-7-4-8-16-46/h3-36H,1-2H3. The summed E-state index contributed by atoms with van der Waals surface area (Å²) in [5, 5.41) is 2.47. The third-order valence-electron chi connectivity index (χ3n) is 9.47. The second-order valence-electron chi connectivity index (χ2n) is 13.3. The van der Waals surface area contributed by atoms with Crippen LogP contribution in [0.5, 0.6) is 0 Å². The fourth-order valence-corrected chi connectivity index (χ4v) is 6.96. The minimum absolute atomic E-state index is 1.13. The maximum absolute atomic E-state index is 2.35. The summed E-state index contributed by atoms with van der Waals surface area (Å²) in [6.45, 7) is 4.33. The van der Waals surface area contributed by atoms with Crippen LogP contribution in [0.3, 0.4) is 0 Å². The molecule has 0 saturated carbocycles. The van der Waals surface area contributed by atoms with Crippen molar-refractivity contribution in [2.24, 2.45) is 0 Å². The zero-order valence-corrected chi connectivity index (χ0v) is 29.5. The first-order chi connectivity index (χ1) is 25.6. The van der Waals surface area contributed by atoms with Crippen LogP contribution in [-0.4, -0.2) is 0 Å². The molecule has 0 spiro atoms. The summed E-state index contributed by atoms with van der Waals surface area (Å²) in [7, 11) is 0. The van der Waals surface area contributed by atoms with Gasteiger partial charge in [-0.05, 0) is 131 Å². The molecule has 0 heterocycles. The minimum Gasteiger partial charge on any atom is -0.311 e. The van der Waals surface area contributed by atoms with Crippen molar-refractivity contribution in [3.05, 3.63) is 216 Å². The Bertz CT molecular complexity index is 2390. The molecule has 0 aromatic heterocycles. The highest BCUT2D eigenvalue weighted by Crippen LogP contribution is 2.38. The van der Waals surface area contributed by atoms with Gasteiger partial charge in [-0.2, -0.15) is 0 Å². The van der Waals surface area contributed by atoms with Gasteiger partial charge in [-0.25, -0.2) is 0 Å². The Labute approximate surface area is 307 Å². The molecule has 8 aromatic carbocycles. The van der Waals surface area contributed by atoms with Crippen LogP contribution < -0.4 is 9.80 Å². The number of fused-ring (bicyclic) bond motifs is 1. The van der Waals surface area contributed by atoms with E-state index in [0.29, 0.717) is 0 Å². The molecule has 0 bridgehead atoms. The number of nitrogens with zero attached hydrogens (tertiary/aromatic N) is 2. The predicted molar refractivity (Wildman–Crippen MR) is 224 cm³/mol. The second kappa shape index (κ2) is 14.7. The molecule has 8 aromatic rings. The lowest BCUT2D eigenvalue weighted by Gasteiger charge is -2.26. The molecule has 0 aliphatic carbocycles. The molecule has 0 radical (unpaired) electrons. The van der Waals surface area contributed by atoms with E-state index in [1.165, 1.54) is 33.0 Å². The molecular weight excluding hydrogens is 629 g/mol. The fourth-order valence-electron chi connectivity index (χ4n) is 6.96. The Kier molecular flexibility index (Phi) is 9.19. The first-order valence-corrected chi connectivity index (χ1v) is 17.8. The summed E-state index contributed by atoms with van der Waals surface area (Å²) >= 11 is 0. The highest BCUT2D eigenvalue weighted by Gasteiger charge is 2.15. The normalized spacial score (nSPS) is 11.2. The second-order valence-corrected chi connectivity index (χ2v) is 13.3. The number of aryl methyl sites for hydroxylation is 2. The number of hydrogen-bond donors (Lipinski definition) is 0. The van der Waals surface area contributed by atoms with Crippen molar-refractivity contribution in [2.75, 3.05) is 9.80 Å². The van der Waals surface area contributed by atoms with E-state index in [4.69, 9.17) is 0 Å². The van der Waals surface area contributed by atoms with Crippen molar-refractivity contribution < 1.29 is 0 Å². The lowest BCUT2D eigenvalue weighted by Crippen LogP contribution is -2.10. The van der Waals surface area contributed by atoms with E-state index in [0.717, 1.165) is 45.3 Å². The molecule has 0 unspecified atom stereocenters. The lowest BCUT2D eigenvalue weighted by molar-refractivity contribution is 1.26. The van der Waals surface area contributed by atoms with E-state index in [1.54, 1.807) is 0 Å². The summed E-state index contributed by atoms with van der Waals surface area (Å²) < 4.78 is 0. The Morgan fingerprint density at radius 3 is 1.27 bits per heavy atom. The van der Waals surface area contributed by atoms with Gasteiger partial charge in [0.2, 0.25) is 0 Å². The Morgan fingerprint density at radius 2 is 0.712 bits per heavy atom. The van der Waals surface area contributed by atoms with Crippen LogP contribution >= 0.6 is 0 Å². The molecule has 0 atom stereocenters. The minimum atomic E-state index is 1.13. The first-order valence-electron chi connectivity index (χ1n) is 17.8. The molecule has 2 nitrogen and oxygen atoms in total. The smallest absolute Gasteiger partial charge is 0.0468 e. The van der Waals surface area contributed by atoms with Gasteiger partial charge < -0.3 is 9.80 Å². The third kappa shape index (κ3) is 7.14. The predicted octanol–water partition coefficient (Wildman–Crippen LogP) is 14.2. The van der Waals surface area contributed by atoms with Gasteiger partial charge in [0, 0.05) is 34.1 Å². The number of benzene rings is 8. The molecule has 250 valence electrons. The SMILES string of the molecule is Cc1cc(C)cc(N(c2ccc(C=Cc3ccc(-c4ccc(N(c5ccccc5)c5ccccc5)cc4)cc3)cc2)c2ccc3ccccc3c2)c1. The first kappa shape index (κ1) is 32.6. The monoisotopic (exact) mass is 668 g/mol. The van der Waals surface area contributed by atoms with Crippen LogP contribution in [-0.2, 0) is 0 Å². The summed E-state index contributed by atoms with van der Waals surface area (Å²) in [5.74, 6) is 0.